The number of pyridine rings is 1. The van der Waals surface area contributed by atoms with Crippen LogP contribution < -0.4 is 9.64 Å². The molecule has 5 rings (SSSR count). The van der Waals surface area contributed by atoms with E-state index in [1.54, 1.807) is 36.5 Å². The van der Waals surface area contributed by atoms with Crippen LogP contribution in [0, 0.1) is 0 Å². The molecule has 2 aliphatic rings. The molecule has 2 aromatic carbocycles. The molecule has 3 heterocycles. The van der Waals surface area contributed by atoms with E-state index in [-0.39, 0.29) is 22.9 Å². The summed E-state index contributed by atoms with van der Waals surface area (Å²) in [4.78, 5) is 32.3. The minimum Gasteiger partial charge on any atom is -0.507 e. The van der Waals surface area contributed by atoms with Gasteiger partial charge >= 0.3 is 5.91 Å². The standard InChI is InChI=1S/C29H28N2O4/c1-17-15-20-16-19(10-13-22(20)35-17)26(32)24-25(18-8-11-21(12-9-18)29(2,3)4)31(28(34)27(24)33)23-7-5-6-14-30-23/h5-14,16-17,25,32H,15H2,1-4H3. The van der Waals surface area contributed by atoms with Crippen molar-refractivity contribution in [3.63, 3.8) is 0 Å². The molecule has 0 saturated carbocycles. The van der Waals surface area contributed by atoms with Gasteiger partial charge in [0.25, 0.3) is 5.78 Å². The lowest BCUT2D eigenvalue weighted by molar-refractivity contribution is -0.132. The number of fused-ring (bicyclic) bond motifs is 1. The molecule has 0 radical (unpaired) electrons. The summed E-state index contributed by atoms with van der Waals surface area (Å²) in [6.45, 7) is 8.36. The first-order valence-corrected chi connectivity index (χ1v) is 11.8. The lowest BCUT2D eigenvalue weighted by Gasteiger charge is -2.25. The van der Waals surface area contributed by atoms with Gasteiger partial charge in [0.15, 0.2) is 0 Å². The van der Waals surface area contributed by atoms with Crippen molar-refractivity contribution in [2.24, 2.45) is 0 Å². The van der Waals surface area contributed by atoms with Crippen molar-refractivity contribution in [2.45, 2.75) is 51.7 Å². The number of nitrogens with zero attached hydrogens (tertiary/aromatic N) is 2. The Hall–Kier alpha value is -3.93. The number of ether oxygens (including phenoxy) is 1. The fourth-order valence-corrected chi connectivity index (χ4v) is 4.77. The summed E-state index contributed by atoms with van der Waals surface area (Å²) >= 11 is 0. The molecule has 2 unspecified atom stereocenters. The van der Waals surface area contributed by atoms with Crippen LogP contribution in [-0.4, -0.2) is 27.9 Å². The minimum absolute atomic E-state index is 0.0506. The summed E-state index contributed by atoms with van der Waals surface area (Å²) in [7, 11) is 0. The zero-order chi connectivity index (χ0) is 24.9. The number of hydrogen-bond acceptors (Lipinski definition) is 5. The third-order valence-electron chi connectivity index (χ3n) is 6.60. The van der Waals surface area contributed by atoms with Crippen LogP contribution in [0.1, 0.15) is 56.0 Å². The molecule has 6 heteroatoms. The first-order valence-electron chi connectivity index (χ1n) is 11.8. The van der Waals surface area contributed by atoms with Gasteiger partial charge in [-0.1, -0.05) is 51.1 Å². The summed E-state index contributed by atoms with van der Waals surface area (Å²) in [5, 5.41) is 11.4. The number of ketones is 1. The highest BCUT2D eigenvalue weighted by atomic mass is 16.5. The molecule has 35 heavy (non-hydrogen) atoms. The topological polar surface area (TPSA) is 79.7 Å². The average molecular weight is 469 g/mol. The van der Waals surface area contributed by atoms with Gasteiger partial charge in [0.1, 0.15) is 23.4 Å². The predicted octanol–water partition coefficient (Wildman–Crippen LogP) is 5.33. The molecule has 0 spiro atoms. The highest BCUT2D eigenvalue weighted by molar-refractivity contribution is 6.51. The van der Waals surface area contributed by atoms with Crippen molar-refractivity contribution in [2.75, 3.05) is 4.90 Å². The molecule has 6 nitrogen and oxygen atoms in total. The molecule has 2 atom stereocenters. The first kappa shape index (κ1) is 22.8. The monoisotopic (exact) mass is 468 g/mol. The zero-order valence-electron chi connectivity index (χ0n) is 20.3. The molecule has 1 fully saturated rings. The second-order valence-corrected chi connectivity index (χ2v) is 10.2. The fraction of sp³-hybridized carbons (Fsp3) is 0.276. The van der Waals surface area contributed by atoms with Crippen LogP contribution in [0.5, 0.6) is 5.75 Å². The minimum atomic E-state index is -0.803. The molecule has 1 saturated heterocycles. The molecule has 2 aliphatic heterocycles. The number of benzene rings is 2. The molecule has 178 valence electrons. The van der Waals surface area contributed by atoms with Gasteiger partial charge in [-0.15, -0.1) is 0 Å². The van der Waals surface area contributed by atoms with Crippen LogP contribution in [0.2, 0.25) is 0 Å². The number of aromatic nitrogens is 1. The third kappa shape index (κ3) is 3.99. The van der Waals surface area contributed by atoms with Gasteiger partial charge in [-0.3, -0.25) is 14.5 Å². The van der Waals surface area contributed by atoms with Crippen molar-refractivity contribution in [1.29, 1.82) is 0 Å². The number of Topliss-reactive ketones (excluding diaryl/α,β-unsaturated/α-hetero) is 1. The molecule has 0 aliphatic carbocycles. The maximum atomic E-state index is 13.3. The lowest BCUT2D eigenvalue weighted by atomic mass is 9.85. The van der Waals surface area contributed by atoms with Crippen LogP contribution in [0.15, 0.2) is 72.4 Å². The first-order chi connectivity index (χ1) is 16.6. The average Bonchev–Trinajstić information content (AvgIpc) is 3.34. The van der Waals surface area contributed by atoms with Gasteiger partial charge in [0.05, 0.1) is 11.6 Å². The molecular weight excluding hydrogens is 440 g/mol. The number of hydrogen-bond donors (Lipinski definition) is 1. The Kier molecular flexibility index (Phi) is 5.47. The van der Waals surface area contributed by atoms with E-state index in [9.17, 15) is 14.7 Å². The summed E-state index contributed by atoms with van der Waals surface area (Å²) in [5.41, 5.74) is 3.30. The van der Waals surface area contributed by atoms with E-state index in [1.165, 1.54) is 4.90 Å². The van der Waals surface area contributed by atoms with E-state index in [4.69, 9.17) is 4.74 Å². The molecule has 1 amide bonds. The number of aliphatic hydroxyl groups excluding tert-OH is 1. The number of carbonyl (C=O) groups excluding carboxylic acids is 2. The fourth-order valence-electron chi connectivity index (χ4n) is 4.77. The number of aliphatic hydroxyl groups is 1. The van der Waals surface area contributed by atoms with Crippen molar-refractivity contribution in [1.82, 2.24) is 4.98 Å². The summed E-state index contributed by atoms with van der Waals surface area (Å²) in [6, 6.07) is 17.6. The van der Waals surface area contributed by atoms with Gasteiger partial charge in [-0.25, -0.2) is 4.98 Å². The third-order valence-corrected chi connectivity index (χ3v) is 6.60. The van der Waals surface area contributed by atoms with E-state index in [0.29, 0.717) is 11.4 Å². The molecule has 0 bridgehead atoms. The Morgan fingerprint density at radius 3 is 2.46 bits per heavy atom. The van der Waals surface area contributed by atoms with E-state index in [2.05, 4.69) is 25.8 Å². The summed E-state index contributed by atoms with van der Waals surface area (Å²) in [5.74, 6) is -0.516. The molecular formula is C29H28N2O4. The smallest absolute Gasteiger partial charge is 0.301 e. The van der Waals surface area contributed by atoms with Crippen LogP contribution in [0.25, 0.3) is 5.76 Å². The quantitative estimate of drug-likeness (QED) is 0.319. The van der Waals surface area contributed by atoms with Gasteiger partial charge in [0.2, 0.25) is 0 Å². The second kappa shape index (κ2) is 8.38. The van der Waals surface area contributed by atoms with Crippen molar-refractivity contribution in [3.05, 3.63) is 94.7 Å². The van der Waals surface area contributed by atoms with Crippen molar-refractivity contribution >= 4 is 23.3 Å². The van der Waals surface area contributed by atoms with Gasteiger partial charge in [-0.2, -0.15) is 0 Å². The SMILES string of the molecule is CC1Cc2cc(C(O)=C3C(=O)C(=O)N(c4ccccn4)C3c3ccc(C(C)(C)C)cc3)ccc2O1. The number of carbonyl (C=O) groups is 2. The molecule has 1 N–H and O–H groups in total. The summed E-state index contributed by atoms with van der Waals surface area (Å²) < 4.78 is 5.77. The Bertz CT molecular complexity index is 1340. The number of anilines is 1. The van der Waals surface area contributed by atoms with Gasteiger partial charge < -0.3 is 9.84 Å². The Balaban J connectivity index is 1.67. The van der Waals surface area contributed by atoms with Crippen molar-refractivity contribution in [3.8, 4) is 5.75 Å². The summed E-state index contributed by atoms with van der Waals surface area (Å²) in [6.07, 6.45) is 2.35. The van der Waals surface area contributed by atoms with Crippen LogP contribution in [-0.2, 0) is 21.4 Å². The van der Waals surface area contributed by atoms with Gasteiger partial charge in [-0.05, 0) is 59.4 Å². The van der Waals surface area contributed by atoms with E-state index >= 15 is 0 Å². The molecule has 1 aromatic heterocycles. The van der Waals surface area contributed by atoms with Crippen LogP contribution >= 0.6 is 0 Å². The largest absolute Gasteiger partial charge is 0.507 e. The lowest BCUT2D eigenvalue weighted by Crippen LogP contribution is -2.30. The van der Waals surface area contributed by atoms with E-state index < -0.39 is 17.7 Å². The zero-order valence-corrected chi connectivity index (χ0v) is 20.3. The van der Waals surface area contributed by atoms with E-state index in [1.807, 2.05) is 37.3 Å². The highest BCUT2D eigenvalue weighted by Gasteiger charge is 2.47. The second-order valence-electron chi connectivity index (χ2n) is 10.2. The maximum absolute atomic E-state index is 13.3. The Labute approximate surface area is 204 Å². The van der Waals surface area contributed by atoms with Gasteiger partial charge in [0, 0.05) is 18.2 Å². The normalized spacial score (nSPS) is 21.2. The van der Waals surface area contributed by atoms with E-state index in [0.717, 1.165) is 28.9 Å². The maximum Gasteiger partial charge on any atom is 0.301 e. The number of amides is 1. The van der Waals surface area contributed by atoms with Crippen molar-refractivity contribution < 1.29 is 19.4 Å². The Morgan fingerprint density at radius 1 is 1.06 bits per heavy atom. The van der Waals surface area contributed by atoms with Crippen LogP contribution in [0.3, 0.4) is 0 Å². The molecule has 3 aromatic rings. The van der Waals surface area contributed by atoms with Crippen LogP contribution in [0.4, 0.5) is 5.82 Å². The highest BCUT2D eigenvalue weighted by Crippen LogP contribution is 2.42. The Morgan fingerprint density at radius 2 is 1.80 bits per heavy atom. The predicted molar refractivity (Wildman–Crippen MR) is 134 cm³/mol. The number of rotatable bonds is 3.